The van der Waals surface area contributed by atoms with Crippen molar-refractivity contribution in [3.63, 3.8) is 0 Å². The van der Waals surface area contributed by atoms with Gasteiger partial charge in [0, 0.05) is 12.8 Å². The van der Waals surface area contributed by atoms with E-state index in [1.54, 1.807) is 6.92 Å². The van der Waals surface area contributed by atoms with Gasteiger partial charge in [0.2, 0.25) is 0 Å². The highest BCUT2D eigenvalue weighted by atomic mass is 16.3. The molecule has 1 N–H and O–H groups in total. The van der Waals surface area contributed by atoms with Gasteiger partial charge in [-0.1, -0.05) is 44.2 Å². The average Bonchev–Trinajstić information content (AvgIpc) is 2.27. The Morgan fingerprint density at radius 2 is 1.88 bits per heavy atom. The molecular weight excluding hydrogens is 212 g/mol. The Bertz CT molecular complexity index is 352. The lowest BCUT2D eigenvalue weighted by molar-refractivity contribution is -0.121. The Kier molecular flexibility index (Phi) is 4.88. The van der Waals surface area contributed by atoms with Crippen LogP contribution in [-0.2, 0) is 10.4 Å². The highest BCUT2D eigenvalue weighted by Gasteiger charge is 2.23. The molecule has 0 saturated carbocycles. The zero-order chi connectivity index (χ0) is 12.9. The number of benzene rings is 1. The van der Waals surface area contributed by atoms with E-state index < -0.39 is 5.60 Å². The van der Waals surface area contributed by atoms with Gasteiger partial charge < -0.3 is 5.11 Å². The van der Waals surface area contributed by atoms with Crippen molar-refractivity contribution in [2.24, 2.45) is 5.92 Å². The number of hydrogen-bond donors (Lipinski definition) is 1. The Morgan fingerprint density at radius 3 is 2.41 bits per heavy atom. The number of carbonyl (C=O) groups excluding carboxylic acids is 1. The minimum Gasteiger partial charge on any atom is -0.385 e. The average molecular weight is 234 g/mol. The number of aliphatic hydroxyl groups is 1. The van der Waals surface area contributed by atoms with Crippen LogP contribution in [0.4, 0.5) is 0 Å². The molecule has 0 amide bonds. The molecule has 1 aromatic carbocycles. The van der Waals surface area contributed by atoms with Crippen LogP contribution in [0.5, 0.6) is 0 Å². The number of rotatable bonds is 6. The van der Waals surface area contributed by atoms with Crippen LogP contribution >= 0.6 is 0 Å². The van der Waals surface area contributed by atoms with Crippen LogP contribution in [0.25, 0.3) is 0 Å². The molecule has 0 bridgehead atoms. The van der Waals surface area contributed by atoms with Gasteiger partial charge in [0.15, 0.2) is 0 Å². The minimum atomic E-state index is -0.909. The summed E-state index contributed by atoms with van der Waals surface area (Å²) in [6.07, 6.45) is 1.54. The third-order valence-electron chi connectivity index (χ3n) is 2.92. The molecule has 0 radical (unpaired) electrons. The van der Waals surface area contributed by atoms with Crippen molar-refractivity contribution in [3.8, 4) is 0 Å². The number of Topliss-reactive ketones (excluding diaryl/α,β-unsaturated/α-hetero) is 1. The van der Waals surface area contributed by atoms with Gasteiger partial charge in [-0.2, -0.15) is 0 Å². The number of carbonyl (C=O) groups is 1. The van der Waals surface area contributed by atoms with Crippen LogP contribution in [0.2, 0.25) is 0 Å². The zero-order valence-corrected chi connectivity index (χ0v) is 10.9. The van der Waals surface area contributed by atoms with Gasteiger partial charge in [0.1, 0.15) is 5.78 Å². The molecule has 1 aromatic rings. The van der Waals surface area contributed by atoms with Gasteiger partial charge in [-0.15, -0.1) is 0 Å². The second kappa shape index (κ2) is 5.97. The summed E-state index contributed by atoms with van der Waals surface area (Å²) < 4.78 is 0. The third-order valence-corrected chi connectivity index (χ3v) is 2.92. The molecule has 0 fully saturated rings. The highest BCUT2D eigenvalue weighted by molar-refractivity contribution is 5.78. The van der Waals surface area contributed by atoms with Gasteiger partial charge in [-0.25, -0.2) is 0 Å². The summed E-state index contributed by atoms with van der Waals surface area (Å²) in [5.74, 6) is 0.625. The summed E-state index contributed by atoms with van der Waals surface area (Å²) in [6, 6.07) is 9.52. The van der Waals surface area contributed by atoms with Crippen molar-refractivity contribution in [1.29, 1.82) is 0 Å². The van der Waals surface area contributed by atoms with Crippen molar-refractivity contribution >= 4 is 5.78 Å². The molecular formula is C15H22O2. The van der Waals surface area contributed by atoms with Gasteiger partial charge >= 0.3 is 0 Å². The van der Waals surface area contributed by atoms with E-state index in [1.807, 2.05) is 44.2 Å². The Labute approximate surface area is 104 Å². The largest absolute Gasteiger partial charge is 0.385 e. The summed E-state index contributed by atoms with van der Waals surface area (Å²) in [5, 5.41) is 10.3. The molecule has 0 aliphatic heterocycles. The van der Waals surface area contributed by atoms with Crippen molar-refractivity contribution < 1.29 is 9.90 Å². The molecule has 1 rings (SSSR count). The SMILES string of the molecule is CC(C)CC(=O)CCC(C)(O)c1ccccc1. The van der Waals surface area contributed by atoms with Crippen molar-refractivity contribution in [2.75, 3.05) is 0 Å². The molecule has 0 saturated heterocycles. The number of hydrogen-bond acceptors (Lipinski definition) is 2. The fourth-order valence-corrected chi connectivity index (χ4v) is 1.88. The maximum absolute atomic E-state index is 11.6. The predicted molar refractivity (Wildman–Crippen MR) is 69.7 cm³/mol. The third kappa shape index (κ3) is 4.70. The summed E-state index contributed by atoms with van der Waals surface area (Å²) >= 11 is 0. The first kappa shape index (κ1) is 13.9. The van der Waals surface area contributed by atoms with Crippen molar-refractivity contribution in [2.45, 2.75) is 45.6 Å². The van der Waals surface area contributed by atoms with Crippen LogP contribution in [0.3, 0.4) is 0 Å². The van der Waals surface area contributed by atoms with E-state index in [0.717, 1.165) is 5.56 Å². The van der Waals surface area contributed by atoms with Crippen LogP contribution < -0.4 is 0 Å². The maximum Gasteiger partial charge on any atom is 0.133 e. The first-order valence-corrected chi connectivity index (χ1v) is 6.21. The van der Waals surface area contributed by atoms with E-state index in [9.17, 15) is 9.90 Å². The van der Waals surface area contributed by atoms with Crippen molar-refractivity contribution in [1.82, 2.24) is 0 Å². The summed E-state index contributed by atoms with van der Waals surface area (Å²) in [7, 11) is 0. The molecule has 2 heteroatoms. The lowest BCUT2D eigenvalue weighted by Gasteiger charge is -2.23. The molecule has 94 valence electrons. The topological polar surface area (TPSA) is 37.3 Å². The molecule has 0 spiro atoms. The van der Waals surface area contributed by atoms with E-state index in [2.05, 4.69) is 0 Å². The Hall–Kier alpha value is -1.15. The van der Waals surface area contributed by atoms with E-state index in [1.165, 1.54) is 0 Å². The van der Waals surface area contributed by atoms with Gasteiger partial charge in [-0.05, 0) is 24.8 Å². The molecule has 2 nitrogen and oxygen atoms in total. The number of ketones is 1. The van der Waals surface area contributed by atoms with Gasteiger partial charge in [-0.3, -0.25) is 4.79 Å². The van der Waals surface area contributed by atoms with Crippen LogP contribution in [0, 0.1) is 5.92 Å². The highest BCUT2D eigenvalue weighted by Crippen LogP contribution is 2.26. The van der Waals surface area contributed by atoms with Gasteiger partial charge in [0.25, 0.3) is 0 Å². The first-order valence-electron chi connectivity index (χ1n) is 6.21. The lowest BCUT2D eigenvalue weighted by Crippen LogP contribution is -2.22. The molecule has 1 unspecified atom stereocenters. The fourth-order valence-electron chi connectivity index (χ4n) is 1.88. The summed E-state index contributed by atoms with van der Waals surface area (Å²) in [5.41, 5.74) is -0.0363. The van der Waals surface area contributed by atoms with Crippen LogP contribution in [0.1, 0.15) is 45.6 Å². The van der Waals surface area contributed by atoms with E-state index in [-0.39, 0.29) is 5.78 Å². The first-order chi connectivity index (χ1) is 7.92. The standard InChI is InChI=1S/C15H22O2/c1-12(2)11-14(16)9-10-15(3,17)13-7-5-4-6-8-13/h4-8,12,17H,9-11H2,1-3H3. The lowest BCUT2D eigenvalue weighted by atomic mass is 9.89. The smallest absolute Gasteiger partial charge is 0.133 e. The summed E-state index contributed by atoms with van der Waals surface area (Å²) in [6.45, 7) is 5.84. The zero-order valence-electron chi connectivity index (χ0n) is 10.9. The predicted octanol–water partition coefficient (Wildman–Crippen LogP) is 3.29. The second-order valence-electron chi connectivity index (χ2n) is 5.28. The van der Waals surface area contributed by atoms with Gasteiger partial charge in [0.05, 0.1) is 5.60 Å². The normalized spacial score (nSPS) is 14.6. The molecule has 0 aliphatic carbocycles. The maximum atomic E-state index is 11.6. The molecule has 1 atom stereocenters. The molecule has 17 heavy (non-hydrogen) atoms. The van der Waals surface area contributed by atoms with Crippen molar-refractivity contribution in [3.05, 3.63) is 35.9 Å². The Morgan fingerprint density at radius 1 is 1.29 bits per heavy atom. The van der Waals surface area contributed by atoms with Crippen LogP contribution in [0.15, 0.2) is 30.3 Å². The van der Waals surface area contributed by atoms with Crippen LogP contribution in [-0.4, -0.2) is 10.9 Å². The summed E-state index contributed by atoms with van der Waals surface area (Å²) in [4.78, 5) is 11.6. The van der Waals surface area contributed by atoms with E-state index in [4.69, 9.17) is 0 Å². The second-order valence-corrected chi connectivity index (χ2v) is 5.28. The molecule has 0 heterocycles. The monoisotopic (exact) mass is 234 g/mol. The molecule has 0 aliphatic rings. The minimum absolute atomic E-state index is 0.233. The van der Waals surface area contributed by atoms with E-state index in [0.29, 0.717) is 25.2 Å². The molecule has 0 aromatic heterocycles. The Balaban J connectivity index is 2.53. The fraction of sp³-hybridized carbons (Fsp3) is 0.533. The quantitative estimate of drug-likeness (QED) is 0.820. The van der Waals surface area contributed by atoms with E-state index >= 15 is 0 Å².